The molecule has 1 aliphatic rings. The zero-order chi connectivity index (χ0) is 18.3. The van der Waals surface area contributed by atoms with Crippen molar-refractivity contribution in [1.82, 2.24) is 15.1 Å². The van der Waals surface area contributed by atoms with Gasteiger partial charge in [0.2, 0.25) is 0 Å². The maximum Gasteiger partial charge on any atom is 0.403 e. The Morgan fingerprint density at radius 2 is 1.84 bits per heavy atom. The number of alkyl halides is 3. The van der Waals surface area contributed by atoms with Crippen molar-refractivity contribution in [2.24, 2.45) is 4.99 Å². The monoisotopic (exact) mass is 358 g/mol. The maximum absolute atomic E-state index is 12.8. The predicted octanol–water partition coefficient (Wildman–Crippen LogP) is 2.21. The Bertz CT molecular complexity index is 543. The molecule has 0 radical (unpaired) electrons. The van der Waals surface area contributed by atoms with E-state index < -0.39 is 12.2 Å². The molecule has 1 N–H and O–H groups in total. The van der Waals surface area contributed by atoms with Gasteiger partial charge in [0.15, 0.2) is 5.96 Å². The molecule has 0 aromatic heterocycles. The number of hydrogen-bond acceptors (Lipinski definition) is 3. The smallest absolute Gasteiger partial charge is 0.403 e. The molecule has 1 aromatic carbocycles. The van der Waals surface area contributed by atoms with Crippen molar-refractivity contribution in [3.05, 3.63) is 30.3 Å². The van der Waals surface area contributed by atoms with Gasteiger partial charge in [-0.2, -0.15) is 13.2 Å². The average molecular weight is 358 g/mol. The topological polar surface area (TPSA) is 40.1 Å². The van der Waals surface area contributed by atoms with Crippen molar-refractivity contribution >= 4 is 5.96 Å². The zero-order valence-corrected chi connectivity index (χ0v) is 14.6. The number of guanidine groups is 1. The number of hydrogen-bond donors (Lipinski definition) is 1. The average Bonchev–Trinajstić information content (AvgIpc) is 2.61. The van der Waals surface area contributed by atoms with E-state index in [1.54, 1.807) is 7.05 Å². The van der Waals surface area contributed by atoms with E-state index in [0.717, 1.165) is 5.75 Å². The first-order chi connectivity index (χ1) is 11.9. The fourth-order valence-electron chi connectivity index (χ4n) is 2.71. The van der Waals surface area contributed by atoms with Gasteiger partial charge in [0.25, 0.3) is 0 Å². The number of nitrogens with one attached hydrogen (secondary N) is 1. The highest BCUT2D eigenvalue weighted by atomic mass is 19.4. The van der Waals surface area contributed by atoms with E-state index >= 15 is 0 Å². The molecule has 25 heavy (non-hydrogen) atoms. The van der Waals surface area contributed by atoms with Crippen LogP contribution in [0.25, 0.3) is 0 Å². The minimum Gasteiger partial charge on any atom is -0.492 e. The van der Waals surface area contributed by atoms with Gasteiger partial charge in [0.05, 0.1) is 6.54 Å². The van der Waals surface area contributed by atoms with E-state index in [-0.39, 0.29) is 0 Å². The van der Waals surface area contributed by atoms with Crippen LogP contribution >= 0.6 is 0 Å². The molecule has 1 heterocycles. The van der Waals surface area contributed by atoms with Crippen LogP contribution in [0.4, 0.5) is 13.2 Å². The van der Waals surface area contributed by atoms with Crippen molar-refractivity contribution in [2.75, 3.05) is 46.4 Å². The van der Waals surface area contributed by atoms with Gasteiger partial charge in [-0.25, -0.2) is 0 Å². The van der Waals surface area contributed by atoms with Gasteiger partial charge in [-0.15, -0.1) is 0 Å². The van der Waals surface area contributed by atoms with Crippen molar-refractivity contribution in [3.8, 4) is 5.75 Å². The van der Waals surface area contributed by atoms with Crippen molar-refractivity contribution in [2.45, 2.75) is 19.1 Å². The number of para-hydroxylation sites is 1. The molecule has 5 nitrogen and oxygen atoms in total. The third kappa shape index (κ3) is 5.81. The highest BCUT2D eigenvalue weighted by Crippen LogP contribution is 2.25. The third-order valence-corrected chi connectivity index (χ3v) is 4.24. The number of halogens is 3. The standard InChI is InChI=1S/C17H25F3N4O/c1-14(17(18,19)20)23-9-11-24(12-10-23)16(21-2)22-8-13-25-15-6-4-3-5-7-15/h3-7,14H,8-13H2,1-2H3,(H,21,22). The first-order valence-corrected chi connectivity index (χ1v) is 8.36. The second-order valence-electron chi connectivity index (χ2n) is 5.88. The Morgan fingerprint density at radius 3 is 2.40 bits per heavy atom. The van der Waals surface area contributed by atoms with E-state index in [0.29, 0.717) is 45.3 Å². The molecule has 0 bridgehead atoms. The molecule has 1 atom stereocenters. The Labute approximate surface area is 146 Å². The quantitative estimate of drug-likeness (QED) is 0.498. The molecule has 1 unspecified atom stereocenters. The normalized spacial score (nSPS) is 18.1. The highest BCUT2D eigenvalue weighted by Gasteiger charge is 2.41. The molecule has 0 amide bonds. The van der Waals surface area contributed by atoms with Crippen molar-refractivity contribution < 1.29 is 17.9 Å². The molecule has 0 saturated carbocycles. The number of ether oxygens (including phenoxy) is 1. The van der Waals surface area contributed by atoms with Crippen molar-refractivity contribution in [3.63, 3.8) is 0 Å². The van der Waals surface area contributed by atoms with Gasteiger partial charge in [-0.05, 0) is 19.1 Å². The molecule has 8 heteroatoms. The van der Waals surface area contributed by atoms with Gasteiger partial charge < -0.3 is 15.0 Å². The molecular weight excluding hydrogens is 333 g/mol. The minimum absolute atomic E-state index is 0.363. The van der Waals surface area contributed by atoms with E-state index in [2.05, 4.69) is 10.3 Å². The van der Waals surface area contributed by atoms with Gasteiger partial charge in [0, 0.05) is 33.2 Å². The molecule has 1 fully saturated rings. The first-order valence-electron chi connectivity index (χ1n) is 8.36. The lowest BCUT2D eigenvalue weighted by molar-refractivity contribution is -0.181. The van der Waals surface area contributed by atoms with Gasteiger partial charge in [-0.3, -0.25) is 9.89 Å². The Kier molecular flexibility index (Phi) is 6.92. The van der Waals surface area contributed by atoms with Crippen LogP contribution in [0.2, 0.25) is 0 Å². The summed E-state index contributed by atoms with van der Waals surface area (Å²) in [4.78, 5) is 7.65. The third-order valence-electron chi connectivity index (χ3n) is 4.24. The fraction of sp³-hybridized carbons (Fsp3) is 0.588. The van der Waals surface area contributed by atoms with Gasteiger partial charge in [-0.1, -0.05) is 18.2 Å². The fourth-order valence-corrected chi connectivity index (χ4v) is 2.71. The summed E-state index contributed by atoms with van der Waals surface area (Å²) in [6, 6.07) is 8.09. The summed E-state index contributed by atoms with van der Waals surface area (Å²) in [5.74, 6) is 1.49. The van der Waals surface area contributed by atoms with Gasteiger partial charge >= 0.3 is 6.18 Å². The summed E-state index contributed by atoms with van der Waals surface area (Å²) < 4.78 is 44.0. The van der Waals surface area contributed by atoms with Crippen molar-refractivity contribution in [1.29, 1.82) is 0 Å². The van der Waals surface area contributed by atoms with Crippen LogP contribution in [0.15, 0.2) is 35.3 Å². The van der Waals surface area contributed by atoms with E-state index in [1.165, 1.54) is 11.8 Å². The lowest BCUT2D eigenvalue weighted by Gasteiger charge is -2.39. The van der Waals surface area contributed by atoms with Crippen LogP contribution in [0.3, 0.4) is 0 Å². The lowest BCUT2D eigenvalue weighted by Crippen LogP contribution is -2.57. The summed E-state index contributed by atoms with van der Waals surface area (Å²) in [5.41, 5.74) is 0. The summed E-state index contributed by atoms with van der Waals surface area (Å²) in [5, 5.41) is 3.19. The molecule has 2 rings (SSSR count). The zero-order valence-electron chi connectivity index (χ0n) is 14.6. The minimum atomic E-state index is -4.18. The largest absolute Gasteiger partial charge is 0.492 e. The molecule has 1 saturated heterocycles. The second-order valence-corrected chi connectivity index (χ2v) is 5.88. The number of nitrogens with zero attached hydrogens (tertiary/aromatic N) is 3. The van der Waals surface area contributed by atoms with Crippen LogP contribution < -0.4 is 10.1 Å². The second kappa shape index (κ2) is 8.94. The number of rotatable bonds is 5. The first kappa shape index (κ1) is 19.4. The molecular formula is C17H25F3N4O. The maximum atomic E-state index is 12.8. The van der Waals surface area contributed by atoms with Crippen LogP contribution in [0.5, 0.6) is 5.75 Å². The lowest BCUT2D eigenvalue weighted by atomic mass is 10.2. The number of benzene rings is 1. The summed E-state index contributed by atoms with van der Waals surface area (Å²) in [7, 11) is 1.67. The van der Waals surface area contributed by atoms with E-state index in [1.807, 2.05) is 35.2 Å². The summed E-state index contributed by atoms with van der Waals surface area (Å²) >= 11 is 0. The Balaban J connectivity index is 1.73. The highest BCUT2D eigenvalue weighted by molar-refractivity contribution is 5.80. The molecule has 1 aromatic rings. The molecule has 0 spiro atoms. The van der Waals surface area contributed by atoms with Crippen LogP contribution in [0, 0.1) is 0 Å². The number of piperazine rings is 1. The van der Waals surface area contributed by atoms with Gasteiger partial charge in [0.1, 0.15) is 18.4 Å². The predicted molar refractivity (Wildman–Crippen MR) is 92.0 cm³/mol. The summed E-state index contributed by atoms with van der Waals surface area (Å²) in [6.07, 6.45) is -4.18. The SMILES string of the molecule is CN=C(NCCOc1ccccc1)N1CCN(C(C)C(F)(F)F)CC1. The van der Waals surface area contributed by atoms with E-state index in [4.69, 9.17) is 4.74 Å². The van der Waals surface area contributed by atoms with Crippen LogP contribution in [-0.4, -0.2) is 74.4 Å². The molecule has 1 aliphatic heterocycles. The number of aliphatic imine (C=N–C) groups is 1. The van der Waals surface area contributed by atoms with Crippen LogP contribution in [-0.2, 0) is 0 Å². The molecule has 0 aliphatic carbocycles. The summed E-state index contributed by atoms with van der Waals surface area (Å²) in [6.45, 7) is 4.02. The van der Waals surface area contributed by atoms with Crippen LogP contribution in [0.1, 0.15) is 6.92 Å². The molecule has 140 valence electrons. The van der Waals surface area contributed by atoms with E-state index in [9.17, 15) is 13.2 Å². The Hall–Kier alpha value is -1.96. The Morgan fingerprint density at radius 1 is 1.20 bits per heavy atom.